The maximum absolute atomic E-state index is 13.3. The predicted molar refractivity (Wildman–Crippen MR) is 229 cm³/mol. The molecule has 1 aliphatic rings. The molecular weight excluding hydrogens is 749 g/mol. The van der Waals surface area contributed by atoms with Gasteiger partial charge in [-0.05, 0) is 105 Å². The number of phenolic OH excluding ortho intramolecular Hbond substituents is 1. The number of anilines is 3. The van der Waals surface area contributed by atoms with E-state index in [9.17, 15) is 24.3 Å². The summed E-state index contributed by atoms with van der Waals surface area (Å²) in [5, 5.41) is 21.6. The predicted octanol–water partition coefficient (Wildman–Crippen LogP) is 6.46. The third-order valence-electron chi connectivity index (χ3n) is 9.94. The average Bonchev–Trinajstić information content (AvgIpc) is 3.36. The van der Waals surface area contributed by atoms with Gasteiger partial charge in [0.2, 0.25) is 11.8 Å². The van der Waals surface area contributed by atoms with Crippen LogP contribution in [0.15, 0.2) is 91.3 Å². The highest BCUT2D eigenvalue weighted by Gasteiger charge is 2.27. The molecule has 0 radical (unpaired) electrons. The van der Waals surface area contributed by atoms with E-state index in [2.05, 4.69) is 31.2 Å². The Bertz CT molecular complexity index is 2280. The molecule has 59 heavy (non-hydrogen) atoms. The van der Waals surface area contributed by atoms with E-state index in [-0.39, 0.29) is 35.1 Å². The van der Waals surface area contributed by atoms with Gasteiger partial charge in [0.15, 0.2) is 5.75 Å². The molecule has 2 aromatic heterocycles. The first-order valence-corrected chi connectivity index (χ1v) is 20.0. The lowest BCUT2D eigenvalue weighted by Crippen LogP contribution is -2.30. The molecule has 1 aliphatic heterocycles. The number of nitrogens with zero attached hydrogens (tertiary/aromatic N) is 3. The Morgan fingerprint density at radius 2 is 1.49 bits per heavy atom. The Labute approximate surface area is 343 Å². The minimum absolute atomic E-state index is 0.0671. The number of rotatable bonds is 18. The van der Waals surface area contributed by atoms with Gasteiger partial charge in [-0.15, -0.1) is 0 Å². The number of pyridine rings is 2. The zero-order valence-corrected chi connectivity index (χ0v) is 33.3. The second kappa shape index (κ2) is 20.1. The molecule has 306 valence electrons. The molecule has 7 N–H and O–H groups in total. The van der Waals surface area contributed by atoms with E-state index in [4.69, 9.17) is 10.5 Å². The molecule has 14 heteroatoms. The SMILES string of the molecule is CCc1c(-c2ccc(C(=O)NCCCNC(=O)CCCNCCCC(=O)Nc3ccc4c(c3)C(=O)N(CC)c3ccccc3O4)nc2)cnc(N)c1-c1ccc(O)cc1. The van der Waals surface area contributed by atoms with Crippen LogP contribution in [0.3, 0.4) is 0 Å². The fourth-order valence-electron chi connectivity index (χ4n) is 6.93. The van der Waals surface area contributed by atoms with E-state index >= 15 is 0 Å². The molecule has 5 aromatic rings. The lowest BCUT2D eigenvalue weighted by molar-refractivity contribution is -0.121. The molecule has 0 atom stereocenters. The molecule has 4 amide bonds. The van der Waals surface area contributed by atoms with Crippen molar-refractivity contribution in [2.24, 2.45) is 0 Å². The third kappa shape index (κ3) is 10.6. The second-order valence-electron chi connectivity index (χ2n) is 14.0. The standard InChI is InChI=1S/C45H50N8O6/c1-3-33-35(28-51-43(46)42(33)29-14-18-32(54)19-15-29)30-16-20-36(50-27-30)44(57)49-25-9-24-48-40(55)12-7-22-47-23-8-13-41(56)52-31-17-21-38-34(26-31)45(58)53(4-2)37-10-5-6-11-39(37)59-38/h5-6,10-11,14-21,26-28,47,54H,3-4,7-9,12-13,22-25H2,1-2H3,(H2,46,51)(H,48,55)(H,49,57)(H,52,56). The normalized spacial score (nSPS) is 11.8. The van der Waals surface area contributed by atoms with Gasteiger partial charge in [-0.25, -0.2) is 4.98 Å². The molecule has 0 bridgehead atoms. The van der Waals surface area contributed by atoms with E-state index in [1.807, 2.05) is 44.2 Å². The minimum atomic E-state index is -0.307. The number of hydrogen-bond donors (Lipinski definition) is 6. The van der Waals surface area contributed by atoms with Crippen molar-refractivity contribution in [1.82, 2.24) is 25.9 Å². The summed E-state index contributed by atoms with van der Waals surface area (Å²) < 4.78 is 6.04. The molecule has 0 spiro atoms. The summed E-state index contributed by atoms with van der Waals surface area (Å²) in [6.07, 6.45) is 6.51. The van der Waals surface area contributed by atoms with Gasteiger partial charge in [-0.1, -0.05) is 37.3 Å². The number of amides is 4. The Morgan fingerprint density at radius 1 is 0.763 bits per heavy atom. The van der Waals surface area contributed by atoms with Crippen LogP contribution < -0.4 is 36.6 Å². The van der Waals surface area contributed by atoms with E-state index in [1.54, 1.807) is 65.8 Å². The second-order valence-corrected chi connectivity index (χ2v) is 14.0. The largest absolute Gasteiger partial charge is 0.508 e. The van der Waals surface area contributed by atoms with Crippen molar-refractivity contribution in [3.63, 3.8) is 0 Å². The smallest absolute Gasteiger partial charge is 0.269 e. The summed E-state index contributed by atoms with van der Waals surface area (Å²) in [7, 11) is 0. The van der Waals surface area contributed by atoms with Gasteiger partial charge in [0.1, 0.15) is 23.0 Å². The van der Waals surface area contributed by atoms with Gasteiger partial charge in [-0.3, -0.25) is 24.2 Å². The summed E-state index contributed by atoms with van der Waals surface area (Å²) in [6.45, 7) is 6.47. The molecule has 6 rings (SSSR count). The van der Waals surface area contributed by atoms with Gasteiger partial charge in [0.25, 0.3) is 11.8 Å². The van der Waals surface area contributed by atoms with Crippen LogP contribution in [0.4, 0.5) is 17.2 Å². The average molecular weight is 799 g/mol. The van der Waals surface area contributed by atoms with Crippen molar-refractivity contribution < 1.29 is 29.0 Å². The number of benzene rings is 3. The minimum Gasteiger partial charge on any atom is -0.508 e. The first kappa shape index (κ1) is 41.8. The first-order chi connectivity index (χ1) is 28.7. The number of para-hydroxylation sites is 2. The molecule has 0 saturated heterocycles. The number of nitrogens with two attached hydrogens (primary N) is 1. The highest BCUT2D eigenvalue weighted by atomic mass is 16.5. The van der Waals surface area contributed by atoms with Crippen molar-refractivity contribution in [1.29, 1.82) is 0 Å². The van der Waals surface area contributed by atoms with Crippen LogP contribution in [0.5, 0.6) is 17.2 Å². The fourth-order valence-corrected chi connectivity index (χ4v) is 6.93. The fraction of sp³-hybridized carbons (Fsp3) is 0.289. The number of fused-ring (bicyclic) bond motifs is 2. The highest BCUT2D eigenvalue weighted by molar-refractivity contribution is 6.10. The Hall–Kier alpha value is -6.80. The number of carbonyl (C=O) groups excluding carboxylic acids is 4. The van der Waals surface area contributed by atoms with Gasteiger partial charge in [-0.2, -0.15) is 0 Å². The van der Waals surface area contributed by atoms with Gasteiger partial charge in [0.05, 0.1) is 11.3 Å². The van der Waals surface area contributed by atoms with Gasteiger partial charge >= 0.3 is 0 Å². The molecule has 0 unspecified atom stereocenters. The van der Waals surface area contributed by atoms with Gasteiger partial charge < -0.3 is 41.7 Å². The number of ether oxygens (including phenoxy) is 1. The summed E-state index contributed by atoms with van der Waals surface area (Å²) in [5.41, 5.74) is 12.5. The number of nitrogen functional groups attached to an aromatic ring is 1. The van der Waals surface area contributed by atoms with E-state index in [0.29, 0.717) is 106 Å². The van der Waals surface area contributed by atoms with Crippen LogP contribution >= 0.6 is 0 Å². The van der Waals surface area contributed by atoms with Crippen LogP contribution in [-0.2, 0) is 16.0 Å². The summed E-state index contributed by atoms with van der Waals surface area (Å²) >= 11 is 0. The Kier molecular flexibility index (Phi) is 14.2. The molecular formula is C45H50N8O6. The first-order valence-electron chi connectivity index (χ1n) is 20.0. The van der Waals surface area contributed by atoms with Gasteiger partial charge in [0, 0.05) is 67.2 Å². The molecule has 3 heterocycles. The number of aromatic hydroxyl groups is 1. The third-order valence-corrected chi connectivity index (χ3v) is 9.94. The van der Waals surface area contributed by atoms with Crippen molar-refractivity contribution in [3.05, 3.63) is 108 Å². The van der Waals surface area contributed by atoms with Crippen molar-refractivity contribution >= 4 is 40.8 Å². The number of nitrogens with one attached hydrogen (secondary N) is 4. The van der Waals surface area contributed by atoms with Crippen LogP contribution in [0.25, 0.3) is 22.3 Å². The van der Waals surface area contributed by atoms with Crippen LogP contribution in [0.1, 0.15) is 72.4 Å². The Morgan fingerprint density at radius 3 is 2.22 bits per heavy atom. The zero-order valence-electron chi connectivity index (χ0n) is 33.3. The summed E-state index contributed by atoms with van der Waals surface area (Å²) in [6, 6.07) is 22.8. The molecule has 0 aliphatic carbocycles. The topological polar surface area (TPSA) is 201 Å². The number of phenols is 1. The monoisotopic (exact) mass is 798 g/mol. The van der Waals surface area contributed by atoms with E-state index < -0.39 is 0 Å². The number of hydrogen-bond acceptors (Lipinski definition) is 10. The zero-order chi connectivity index (χ0) is 41.7. The number of carbonyl (C=O) groups is 4. The van der Waals surface area contributed by atoms with Crippen LogP contribution in [-0.4, -0.2) is 71.4 Å². The van der Waals surface area contributed by atoms with Crippen molar-refractivity contribution in [2.75, 3.05) is 48.7 Å². The summed E-state index contributed by atoms with van der Waals surface area (Å²) in [5.74, 6) is 0.884. The van der Waals surface area contributed by atoms with E-state index in [1.165, 1.54) is 0 Å². The van der Waals surface area contributed by atoms with Crippen molar-refractivity contribution in [3.8, 4) is 39.5 Å². The maximum Gasteiger partial charge on any atom is 0.269 e. The van der Waals surface area contributed by atoms with Crippen LogP contribution in [0, 0.1) is 0 Å². The maximum atomic E-state index is 13.3. The Balaban J connectivity index is 0.835. The quantitative estimate of drug-likeness (QED) is 0.0535. The molecule has 14 nitrogen and oxygen atoms in total. The molecule has 0 saturated carbocycles. The lowest BCUT2D eigenvalue weighted by atomic mass is 9.92. The molecule has 0 fully saturated rings. The van der Waals surface area contributed by atoms with Crippen LogP contribution in [0.2, 0.25) is 0 Å². The summed E-state index contributed by atoms with van der Waals surface area (Å²) in [4.78, 5) is 61.5. The lowest BCUT2D eigenvalue weighted by Gasteiger charge is -2.19. The molecule has 3 aromatic carbocycles. The number of aromatic nitrogens is 2. The van der Waals surface area contributed by atoms with E-state index in [0.717, 1.165) is 27.8 Å². The highest BCUT2D eigenvalue weighted by Crippen LogP contribution is 2.40. The van der Waals surface area contributed by atoms with Crippen molar-refractivity contribution in [2.45, 2.75) is 52.4 Å².